The molecule has 1 unspecified atom stereocenters. The van der Waals surface area contributed by atoms with Crippen molar-refractivity contribution in [2.24, 2.45) is 5.92 Å². The standard InChI is InChI=1S/C19H23FN2O2/c1-13(2)11-22(19(24)16-8-14(3)9-21-10-16)12-18(23)15-4-6-17(20)7-5-15/h4-10,13,18,23H,11-12H2,1-3H3. The van der Waals surface area contributed by atoms with Gasteiger partial charge in [0.2, 0.25) is 0 Å². The highest BCUT2D eigenvalue weighted by atomic mass is 19.1. The van der Waals surface area contributed by atoms with E-state index in [1.807, 2.05) is 20.8 Å². The number of aromatic nitrogens is 1. The van der Waals surface area contributed by atoms with E-state index in [0.29, 0.717) is 17.7 Å². The monoisotopic (exact) mass is 330 g/mol. The number of rotatable bonds is 6. The van der Waals surface area contributed by atoms with Gasteiger partial charge in [-0.05, 0) is 42.2 Å². The molecule has 1 amide bonds. The van der Waals surface area contributed by atoms with E-state index in [1.54, 1.807) is 17.2 Å². The van der Waals surface area contributed by atoms with Gasteiger partial charge in [0.1, 0.15) is 5.82 Å². The maximum Gasteiger partial charge on any atom is 0.255 e. The number of aliphatic hydroxyl groups is 1. The van der Waals surface area contributed by atoms with Crippen molar-refractivity contribution in [2.75, 3.05) is 13.1 Å². The van der Waals surface area contributed by atoms with Gasteiger partial charge < -0.3 is 10.0 Å². The van der Waals surface area contributed by atoms with E-state index < -0.39 is 6.10 Å². The maximum absolute atomic E-state index is 13.0. The number of aliphatic hydroxyl groups excluding tert-OH is 1. The number of aryl methyl sites for hydroxylation is 1. The summed E-state index contributed by atoms with van der Waals surface area (Å²) >= 11 is 0. The number of benzene rings is 1. The first-order valence-electron chi connectivity index (χ1n) is 8.01. The molecule has 0 radical (unpaired) electrons. The number of nitrogens with zero attached hydrogens (tertiary/aromatic N) is 2. The molecule has 0 fully saturated rings. The summed E-state index contributed by atoms with van der Waals surface area (Å²) in [5, 5.41) is 10.4. The molecule has 128 valence electrons. The lowest BCUT2D eigenvalue weighted by molar-refractivity contribution is 0.0594. The molecule has 1 atom stereocenters. The van der Waals surface area contributed by atoms with Gasteiger partial charge in [-0.1, -0.05) is 26.0 Å². The summed E-state index contributed by atoms with van der Waals surface area (Å²) in [6, 6.07) is 7.46. The highest BCUT2D eigenvalue weighted by Crippen LogP contribution is 2.17. The number of pyridine rings is 1. The maximum atomic E-state index is 13.0. The highest BCUT2D eigenvalue weighted by Gasteiger charge is 2.21. The van der Waals surface area contributed by atoms with Crippen molar-refractivity contribution < 1.29 is 14.3 Å². The SMILES string of the molecule is Cc1cncc(C(=O)N(CC(C)C)CC(O)c2ccc(F)cc2)c1. The van der Waals surface area contributed by atoms with E-state index in [1.165, 1.54) is 30.5 Å². The first-order valence-corrected chi connectivity index (χ1v) is 8.01. The Morgan fingerprint density at radius 2 is 1.88 bits per heavy atom. The minimum atomic E-state index is -0.869. The van der Waals surface area contributed by atoms with Crippen LogP contribution in [0.3, 0.4) is 0 Å². The quantitative estimate of drug-likeness (QED) is 0.883. The molecule has 0 spiro atoms. The number of carbonyl (C=O) groups is 1. The van der Waals surface area contributed by atoms with Gasteiger partial charge in [-0.15, -0.1) is 0 Å². The van der Waals surface area contributed by atoms with Crippen LogP contribution in [-0.2, 0) is 0 Å². The Balaban J connectivity index is 2.18. The van der Waals surface area contributed by atoms with Crippen LogP contribution in [0, 0.1) is 18.7 Å². The lowest BCUT2D eigenvalue weighted by Crippen LogP contribution is -2.37. The Morgan fingerprint density at radius 1 is 1.21 bits per heavy atom. The molecule has 1 aromatic heterocycles. The first-order chi connectivity index (χ1) is 11.4. The summed E-state index contributed by atoms with van der Waals surface area (Å²) in [5.41, 5.74) is 1.99. The van der Waals surface area contributed by atoms with Gasteiger partial charge in [0.15, 0.2) is 0 Å². The average Bonchev–Trinajstić information content (AvgIpc) is 2.53. The Kier molecular flexibility index (Phi) is 6.04. The molecular weight excluding hydrogens is 307 g/mol. The minimum absolute atomic E-state index is 0.149. The average molecular weight is 330 g/mol. The molecule has 4 nitrogen and oxygen atoms in total. The summed E-state index contributed by atoms with van der Waals surface area (Å²) in [6.45, 7) is 6.57. The van der Waals surface area contributed by atoms with Gasteiger partial charge >= 0.3 is 0 Å². The molecule has 5 heteroatoms. The second-order valence-electron chi connectivity index (χ2n) is 6.42. The molecule has 1 aromatic carbocycles. The Morgan fingerprint density at radius 3 is 2.46 bits per heavy atom. The highest BCUT2D eigenvalue weighted by molar-refractivity contribution is 5.94. The molecule has 24 heavy (non-hydrogen) atoms. The van der Waals surface area contributed by atoms with Crippen LogP contribution in [0.5, 0.6) is 0 Å². The molecule has 2 aromatic rings. The van der Waals surface area contributed by atoms with E-state index in [4.69, 9.17) is 0 Å². The molecule has 1 N–H and O–H groups in total. The van der Waals surface area contributed by atoms with E-state index in [2.05, 4.69) is 4.98 Å². The molecule has 0 aliphatic heterocycles. The number of hydrogen-bond donors (Lipinski definition) is 1. The van der Waals surface area contributed by atoms with Gasteiger partial charge in [-0.3, -0.25) is 9.78 Å². The zero-order chi connectivity index (χ0) is 17.7. The number of halogens is 1. The molecule has 0 saturated heterocycles. The summed E-state index contributed by atoms with van der Waals surface area (Å²) in [7, 11) is 0. The molecule has 0 aliphatic carbocycles. The fourth-order valence-electron chi connectivity index (χ4n) is 2.53. The van der Waals surface area contributed by atoms with Crippen LogP contribution in [0.4, 0.5) is 4.39 Å². The predicted octanol–water partition coefficient (Wildman–Crippen LogP) is 3.36. The van der Waals surface area contributed by atoms with Crippen molar-refractivity contribution in [3.05, 3.63) is 65.2 Å². The molecule has 0 bridgehead atoms. The molecule has 0 aliphatic rings. The van der Waals surface area contributed by atoms with Crippen molar-refractivity contribution >= 4 is 5.91 Å². The largest absolute Gasteiger partial charge is 0.387 e. The molecular formula is C19H23FN2O2. The van der Waals surface area contributed by atoms with Crippen molar-refractivity contribution in [1.29, 1.82) is 0 Å². The zero-order valence-electron chi connectivity index (χ0n) is 14.2. The third-order valence-electron chi connectivity index (χ3n) is 3.64. The van der Waals surface area contributed by atoms with Gasteiger partial charge in [0.05, 0.1) is 18.2 Å². The number of amides is 1. The molecule has 2 rings (SSSR count). The Hall–Kier alpha value is -2.27. The topological polar surface area (TPSA) is 53.4 Å². The molecule has 0 saturated carbocycles. The Bertz CT molecular complexity index is 686. The fraction of sp³-hybridized carbons (Fsp3) is 0.368. The van der Waals surface area contributed by atoms with Crippen molar-refractivity contribution in [3.63, 3.8) is 0 Å². The smallest absolute Gasteiger partial charge is 0.255 e. The summed E-state index contributed by atoms with van der Waals surface area (Å²) in [6.07, 6.45) is 2.36. The van der Waals surface area contributed by atoms with Gasteiger partial charge in [0, 0.05) is 18.9 Å². The first kappa shape index (κ1) is 18.1. The minimum Gasteiger partial charge on any atom is -0.387 e. The van der Waals surface area contributed by atoms with Crippen molar-refractivity contribution in [1.82, 2.24) is 9.88 Å². The van der Waals surface area contributed by atoms with Crippen LogP contribution >= 0.6 is 0 Å². The zero-order valence-corrected chi connectivity index (χ0v) is 14.2. The van der Waals surface area contributed by atoms with E-state index >= 15 is 0 Å². The van der Waals surface area contributed by atoms with Gasteiger partial charge in [0.25, 0.3) is 5.91 Å². The van der Waals surface area contributed by atoms with Crippen LogP contribution in [0.15, 0.2) is 42.7 Å². The summed E-state index contributed by atoms with van der Waals surface area (Å²) < 4.78 is 13.0. The summed E-state index contributed by atoms with van der Waals surface area (Å²) in [4.78, 5) is 18.5. The Labute approximate surface area is 142 Å². The van der Waals surface area contributed by atoms with Crippen LogP contribution in [-0.4, -0.2) is 34.0 Å². The summed E-state index contributed by atoms with van der Waals surface area (Å²) in [5.74, 6) is -0.264. The van der Waals surface area contributed by atoms with Crippen molar-refractivity contribution in [2.45, 2.75) is 26.9 Å². The van der Waals surface area contributed by atoms with Crippen LogP contribution < -0.4 is 0 Å². The number of hydrogen-bond acceptors (Lipinski definition) is 3. The normalized spacial score (nSPS) is 12.2. The van der Waals surface area contributed by atoms with Crippen LogP contribution in [0.1, 0.15) is 41.4 Å². The molecule has 1 heterocycles. The van der Waals surface area contributed by atoms with Gasteiger partial charge in [-0.25, -0.2) is 4.39 Å². The van der Waals surface area contributed by atoms with Crippen LogP contribution in [0.25, 0.3) is 0 Å². The number of carbonyl (C=O) groups excluding carboxylic acids is 1. The lowest BCUT2D eigenvalue weighted by atomic mass is 10.1. The fourth-order valence-corrected chi connectivity index (χ4v) is 2.53. The van der Waals surface area contributed by atoms with Crippen molar-refractivity contribution in [3.8, 4) is 0 Å². The van der Waals surface area contributed by atoms with Gasteiger partial charge in [-0.2, -0.15) is 0 Å². The lowest BCUT2D eigenvalue weighted by Gasteiger charge is -2.27. The second-order valence-corrected chi connectivity index (χ2v) is 6.42. The van der Waals surface area contributed by atoms with E-state index in [9.17, 15) is 14.3 Å². The van der Waals surface area contributed by atoms with E-state index in [0.717, 1.165) is 5.56 Å². The third-order valence-corrected chi connectivity index (χ3v) is 3.64. The van der Waals surface area contributed by atoms with Crippen LogP contribution in [0.2, 0.25) is 0 Å². The van der Waals surface area contributed by atoms with E-state index in [-0.39, 0.29) is 24.2 Å². The second kappa shape index (κ2) is 8.02. The predicted molar refractivity (Wildman–Crippen MR) is 91.1 cm³/mol. The third kappa shape index (κ3) is 4.86.